The molecule has 0 radical (unpaired) electrons. The molecule has 2 aromatic carbocycles. The predicted octanol–water partition coefficient (Wildman–Crippen LogP) is 2.72. The van der Waals surface area contributed by atoms with Crippen molar-refractivity contribution in [2.24, 2.45) is 12.1 Å². The van der Waals surface area contributed by atoms with Crippen LogP contribution in [0.25, 0.3) is 22.2 Å². The quantitative estimate of drug-likeness (QED) is 0.428. The average Bonchev–Trinajstić information content (AvgIpc) is 3.32. The molecule has 0 aliphatic carbocycles. The SMILES string of the molecule is CN(CC(=O)Nc1cc2c3c(c(-c4cnn(C)c4)[nH]c3c1)C=NNC2=O)Cc1ccccc1. The summed E-state index contributed by atoms with van der Waals surface area (Å²) in [7, 11) is 3.74. The van der Waals surface area contributed by atoms with E-state index in [9.17, 15) is 9.59 Å². The van der Waals surface area contributed by atoms with Crippen molar-refractivity contribution in [3.05, 3.63) is 71.5 Å². The number of nitrogens with zero attached hydrogens (tertiary/aromatic N) is 4. The largest absolute Gasteiger partial charge is 0.354 e. The van der Waals surface area contributed by atoms with Crippen LogP contribution in [0.4, 0.5) is 5.69 Å². The fraction of sp³-hybridized carbons (Fsp3) is 0.167. The molecule has 1 aliphatic rings. The van der Waals surface area contributed by atoms with E-state index in [0.29, 0.717) is 17.8 Å². The van der Waals surface area contributed by atoms with E-state index in [1.54, 1.807) is 23.2 Å². The molecule has 9 nitrogen and oxygen atoms in total. The van der Waals surface area contributed by atoms with Crippen LogP contribution in [0.3, 0.4) is 0 Å². The van der Waals surface area contributed by atoms with Gasteiger partial charge in [0.2, 0.25) is 5.91 Å². The van der Waals surface area contributed by atoms with Gasteiger partial charge in [0.15, 0.2) is 0 Å². The van der Waals surface area contributed by atoms with Crippen LogP contribution in [0.5, 0.6) is 0 Å². The molecule has 9 heteroatoms. The number of aromatic amines is 1. The molecule has 0 saturated carbocycles. The van der Waals surface area contributed by atoms with Gasteiger partial charge >= 0.3 is 0 Å². The van der Waals surface area contributed by atoms with Crippen molar-refractivity contribution >= 4 is 34.6 Å². The Morgan fingerprint density at radius 2 is 2.03 bits per heavy atom. The van der Waals surface area contributed by atoms with Gasteiger partial charge in [0.05, 0.1) is 30.2 Å². The van der Waals surface area contributed by atoms with Crippen LogP contribution in [0.2, 0.25) is 0 Å². The number of carbonyl (C=O) groups is 2. The average molecular weight is 441 g/mol. The van der Waals surface area contributed by atoms with Gasteiger partial charge in [-0.1, -0.05) is 30.3 Å². The molecule has 0 unspecified atom stereocenters. The lowest BCUT2D eigenvalue weighted by Gasteiger charge is -2.16. The predicted molar refractivity (Wildman–Crippen MR) is 127 cm³/mol. The number of benzene rings is 2. The van der Waals surface area contributed by atoms with Gasteiger partial charge in [0.25, 0.3) is 5.91 Å². The fourth-order valence-electron chi connectivity index (χ4n) is 4.13. The van der Waals surface area contributed by atoms with E-state index in [0.717, 1.165) is 33.3 Å². The monoisotopic (exact) mass is 441 g/mol. The van der Waals surface area contributed by atoms with Gasteiger partial charge in [-0.15, -0.1) is 0 Å². The van der Waals surface area contributed by atoms with Gasteiger partial charge in [0.1, 0.15) is 0 Å². The van der Waals surface area contributed by atoms with Crippen molar-refractivity contribution in [3.8, 4) is 11.3 Å². The molecule has 0 saturated heterocycles. The van der Waals surface area contributed by atoms with Crippen molar-refractivity contribution in [1.29, 1.82) is 0 Å². The first kappa shape index (κ1) is 20.7. The van der Waals surface area contributed by atoms with Gasteiger partial charge in [-0.3, -0.25) is 19.2 Å². The third-order valence-electron chi connectivity index (χ3n) is 5.53. The molecule has 4 aromatic rings. The van der Waals surface area contributed by atoms with Crippen LogP contribution >= 0.6 is 0 Å². The lowest BCUT2D eigenvalue weighted by molar-refractivity contribution is -0.117. The fourth-order valence-corrected chi connectivity index (χ4v) is 4.13. The molecular formula is C24H23N7O2. The van der Waals surface area contributed by atoms with Crippen LogP contribution < -0.4 is 10.7 Å². The Morgan fingerprint density at radius 3 is 2.79 bits per heavy atom. The summed E-state index contributed by atoms with van der Waals surface area (Å²) in [6.45, 7) is 0.876. The van der Waals surface area contributed by atoms with Crippen LogP contribution in [-0.4, -0.2) is 51.3 Å². The topological polar surface area (TPSA) is 107 Å². The van der Waals surface area contributed by atoms with E-state index in [1.165, 1.54) is 0 Å². The Hall–Kier alpha value is -4.24. The van der Waals surface area contributed by atoms with E-state index >= 15 is 0 Å². The lowest BCUT2D eigenvalue weighted by Crippen LogP contribution is -2.30. The number of hydrogen-bond donors (Lipinski definition) is 3. The minimum atomic E-state index is -0.330. The summed E-state index contributed by atoms with van der Waals surface area (Å²) in [5.74, 6) is -0.492. The molecule has 166 valence electrons. The zero-order valence-electron chi connectivity index (χ0n) is 18.3. The molecule has 0 atom stereocenters. The van der Waals surface area contributed by atoms with E-state index < -0.39 is 0 Å². The van der Waals surface area contributed by atoms with Crippen molar-refractivity contribution in [1.82, 2.24) is 25.1 Å². The molecule has 0 bridgehead atoms. The second kappa shape index (κ2) is 8.36. The number of likely N-dealkylation sites (N-methyl/N-ethyl adjacent to an activating group) is 1. The summed E-state index contributed by atoms with van der Waals surface area (Å²) in [5, 5.41) is 12.0. The summed E-state index contributed by atoms with van der Waals surface area (Å²) in [6.07, 6.45) is 5.27. The molecule has 2 amide bonds. The number of hydrazone groups is 1. The Labute approximate surface area is 190 Å². The first-order valence-electron chi connectivity index (χ1n) is 10.5. The van der Waals surface area contributed by atoms with Gasteiger partial charge in [-0.25, -0.2) is 5.43 Å². The summed E-state index contributed by atoms with van der Waals surface area (Å²) in [6, 6.07) is 13.5. The summed E-state index contributed by atoms with van der Waals surface area (Å²) in [4.78, 5) is 30.7. The van der Waals surface area contributed by atoms with E-state index in [4.69, 9.17) is 0 Å². The van der Waals surface area contributed by atoms with Crippen LogP contribution in [-0.2, 0) is 18.4 Å². The highest BCUT2D eigenvalue weighted by Crippen LogP contribution is 2.34. The van der Waals surface area contributed by atoms with Crippen molar-refractivity contribution < 1.29 is 9.59 Å². The molecule has 0 fully saturated rings. The highest BCUT2D eigenvalue weighted by Gasteiger charge is 2.23. The molecule has 5 rings (SSSR count). The molecule has 33 heavy (non-hydrogen) atoms. The molecule has 0 spiro atoms. The highest BCUT2D eigenvalue weighted by atomic mass is 16.2. The zero-order chi connectivity index (χ0) is 22.9. The van der Waals surface area contributed by atoms with Gasteiger partial charge in [0, 0.05) is 47.5 Å². The first-order chi connectivity index (χ1) is 16.0. The Balaban J connectivity index is 1.43. The van der Waals surface area contributed by atoms with E-state index in [1.807, 2.05) is 61.6 Å². The van der Waals surface area contributed by atoms with Crippen LogP contribution in [0.1, 0.15) is 21.5 Å². The maximum absolute atomic E-state index is 12.7. The number of hydrogen-bond acceptors (Lipinski definition) is 5. The molecule has 3 N–H and O–H groups in total. The standard InChI is InChI=1S/C24H23N7O2/c1-30(12-15-6-4-3-5-7-15)14-21(32)27-17-8-18-22-19(11-25-29-24(18)33)23(28-20(22)9-17)16-10-26-31(2)13-16/h3-11,13,28H,12,14H2,1-2H3,(H,27,32)(H,29,33). The minimum Gasteiger partial charge on any atom is -0.354 e. The second-order valence-electron chi connectivity index (χ2n) is 8.17. The lowest BCUT2D eigenvalue weighted by atomic mass is 10.0. The smallest absolute Gasteiger partial charge is 0.272 e. The Bertz CT molecular complexity index is 1380. The van der Waals surface area contributed by atoms with Gasteiger partial charge in [-0.2, -0.15) is 10.2 Å². The highest BCUT2D eigenvalue weighted by molar-refractivity contribution is 6.18. The zero-order valence-corrected chi connectivity index (χ0v) is 18.3. The second-order valence-corrected chi connectivity index (χ2v) is 8.17. The number of amides is 2. The number of H-pyrrole nitrogens is 1. The van der Waals surface area contributed by atoms with E-state index in [2.05, 4.69) is 25.9 Å². The molecule has 1 aliphatic heterocycles. The van der Waals surface area contributed by atoms with Crippen molar-refractivity contribution in [2.45, 2.75) is 6.54 Å². The summed E-state index contributed by atoms with van der Waals surface area (Å²) >= 11 is 0. The number of rotatable bonds is 6. The van der Waals surface area contributed by atoms with Crippen molar-refractivity contribution in [2.75, 3.05) is 18.9 Å². The number of nitrogens with one attached hydrogen (secondary N) is 3. The first-order valence-corrected chi connectivity index (χ1v) is 10.5. The maximum Gasteiger partial charge on any atom is 0.272 e. The van der Waals surface area contributed by atoms with Crippen molar-refractivity contribution in [3.63, 3.8) is 0 Å². The maximum atomic E-state index is 12.7. The molecular weight excluding hydrogens is 418 g/mol. The van der Waals surface area contributed by atoms with Gasteiger partial charge < -0.3 is 10.3 Å². The third-order valence-corrected chi connectivity index (χ3v) is 5.53. The molecule has 2 aromatic heterocycles. The summed E-state index contributed by atoms with van der Waals surface area (Å²) < 4.78 is 1.71. The minimum absolute atomic E-state index is 0.162. The van der Waals surface area contributed by atoms with E-state index in [-0.39, 0.29) is 18.4 Å². The Morgan fingerprint density at radius 1 is 1.21 bits per heavy atom. The Kier molecular flexibility index (Phi) is 5.23. The van der Waals surface area contributed by atoms with Gasteiger partial charge in [-0.05, 0) is 24.7 Å². The third kappa shape index (κ3) is 4.13. The van der Waals surface area contributed by atoms with Crippen LogP contribution in [0, 0.1) is 0 Å². The normalized spacial score (nSPS) is 12.8. The molecule has 3 heterocycles. The number of aryl methyl sites for hydroxylation is 1. The number of aromatic nitrogens is 3. The van der Waals surface area contributed by atoms with Crippen LogP contribution in [0.15, 0.2) is 60.0 Å². The number of anilines is 1. The number of carbonyl (C=O) groups excluding carboxylic acids is 2. The summed E-state index contributed by atoms with van der Waals surface area (Å²) in [5.41, 5.74) is 7.87.